The van der Waals surface area contributed by atoms with Crippen LogP contribution in [0.3, 0.4) is 0 Å². The van der Waals surface area contributed by atoms with Crippen LogP contribution in [0.4, 0.5) is 4.79 Å². The number of nitrogens with zero attached hydrogens (tertiary/aromatic N) is 1. The van der Waals surface area contributed by atoms with Crippen molar-refractivity contribution >= 4 is 41.6 Å². The minimum atomic E-state index is -1.69. The van der Waals surface area contributed by atoms with Crippen molar-refractivity contribution < 1.29 is 43.8 Å². The fourth-order valence-corrected chi connectivity index (χ4v) is 6.20. The fraction of sp³-hybridized carbons (Fsp3) is 0.781. The molecule has 2 fully saturated rings. The Morgan fingerprint density at radius 1 is 0.702 bits per heavy atom. The third-order valence-electron chi connectivity index (χ3n) is 8.88. The van der Waals surface area contributed by atoms with Crippen LogP contribution >= 0.6 is 0 Å². The second-order valence-electron chi connectivity index (χ2n) is 13.8. The van der Waals surface area contributed by atoms with Crippen molar-refractivity contribution in [3.63, 3.8) is 0 Å². The minimum Gasteiger partial charge on any atom is -0.481 e. The average molecular weight is 667 g/mol. The highest BCUT2D eigenvalue weighted by Crippen LogP contribution is 2.28. The summed E-state index contributed by atoms with van der Waals surface area (Å²) in [5.74, 6) is -5.97. The number of likely N-dealkylation sites (tertiary alicyclic amines) is 1. The minimum absolute atomic E-state index is 0.0631. The van der Waals surface area contributed by atoms with Gasteiger partial charge in [0, 0.05) is 19.1 Å². The van der Waals surface area contributed by atoms with Crippen molar-refractivity contribution in [1.29, 1.82) is 0 Å². The Hall–Kier alpha value is -3.91. The van der Waals surface area contributed by atoms with Crippen LogP contribution in [0.1, 0.15) is 92.9 Å². The lowest BCUT2D eigenvalue weighted by Crippen LogP contribution is -2.60. The first kappa shape index (κ1) is 39.3. The molecule has 0 aromatic carbocycles. The molecular formula is C32H54N6O9. The van der Waals surface area contributed by atoms with Crippen molar-refractivity contribution in [1.82, 2.24) is 31.5 Å². The van der Waals surface area contributed by atoms with Crippen LogP contribution in [-0.2, 0) is 28.8 Å². The summed E-state index contributed by atoms with van der Waals surface area (Å²) in [5, 5.41) is 31.8. The van der Waals surface area contributed by atoms with E-state index in [1.165, 1.54) is 0 Å². The molecule has 0 radical (unpaired) electrons. The molecule has 15 nitrogen and oxygen atoms in total. The summed E-state index contributed by atoms with van der Waals surface area (Å²) in [6.45, 7) is 12.0. The number of carbonyl (C=O) groups is 7. The first-order valence-corrected chi connectivity index (χ1v) is 16.7. The third-order valence-corrected chi connectivity index (χ3v) is 8.88. The van der Waals surface area contributed by atoms with E-state index in [1.807, 2.05) is 0 Å². The van der Waals surface area contributed by atoms with Gasteiger partial charge in [-0.1, -0.05) is 48.0 Å². The molecule has 0 bridgehead atoms. The number of carbonyl (C=O) groups excluding carboxylic acids is 5. The van der Waals surface area contributed by atoms with Crippen molar-refractivity contribution in [2.24, 2.45) is 23.7 Å². The maximum absolute atomic E-state index is 13.6. The molecule has 1 saturated carbocycles. The highest BCUT2D eigenvalue weighted by Gasteiger charge is 2.36. The molecule has 0 aromatic heterocycles. The highest BCUT2D eigenvalue weighted by atomic mass is 16.4. The Labute approximate surface area is 276 Å². The summed E-state index contributed by atoms with van der Waals surface area (Å²) in [6.07, 6.45) is 3.30. The first-order valence-electron chi connectivity index (χ1n) is 16.7. The van der Waals surface area contributed by atoms with E-state index < -0.39 is 84.5 Å². The van der Waals surface area contributed by atoms with Gasteiger partial charge in [-0.3, -0.25) is 24.0 Å². The van der Waals surface area contributed by atoms with Gasteiger partial charge in [0.2, 0.25) is 23.6 Å². The van der Waals surface area contributed by atoms with Crippen LogP contribution in [-0.4, -0.2) is 100 Å². The molecule has 1 saturated heterocycles. The third kappa shape index (κ3) is 12.7. The second-order valence-corrected chi connectivity index (χ2v) is 13.8. The van der Waals surface area contributed by atoms with E-state index in [0.717, 1.165) is 32.1 Å². The molecule has 2 rings (SSSR count). The standard InChI is InChI=1S/C32H54N6O9/c1-17(2)14-23(31(45)46)35-29(43)22(16-25(40)41)33-28(42)21(15-24(39)38-12-7-8-13-38)34-30(44)26(18(3)4)36-32(47)37-27-19(5)10-9-11-20(27)6/h17-23,26-27H,7-16H2,1-6H3,(H,33,42)(H,34,44)(H,35,43)(H,40,41)(H,45,46)(H2,36,37,47)/t19-,20-,21+,22-,23-,26-/m1/s1. The van der Waals surface area contributed by atoms with E-state index in [9.17, 15) is 43.8 Å². The molecule has 0 spiro atoms. The second kappa shape index (κ2) is 18.4. The Balaban J connectivity index is 2.25. The average Bonchev–Trinajstić information content (AvgIpc) is 3.51. The van der Waals surface area contributed by atoms with Crippen molar-refractivity contribution in [2.75, 3.05) is 13.1 Å². The van der Waals surface area contributed by atoms with E-state index in [-0.39, 0.29) is 30.2 Å². The van der Waals surface area contributed by atoms with Crippen LogP contribution in [0.5, 0.6) is 0 Å². The van der Waals surface area contributed by atoms with Crippen molar-refractivity contribution in [3.05, 3.63) is 0 Å². The van der Waals surface area contributed by atoms with Crippen LogP contribution in [0.2, 0.25) is 0 Å². The number of amides is 6. The van der Waals surface area contributed by atoms with Gasteiger partial charge in [0.15, 0.2) is 0 Å². The SMILES string of the molecule is CC(C)C[C@@H](NC(=O)[C@@H](CC(=O)O)NC(=O)[C@H](CC(=O)N1CCCC1)NC(=O)[C@H](NC(=O)NC1[C@H](C)CCC[C@H]1C)C(C)C)C(=O)O. The molecule has 47 heavy (non-hydrogen) atoms. The molecular weight excluding hydrogens is 612 g/mol. The molecule has 15 heteroatoms. The lowest BCUT2D eigenvalue weighted by Gasteiger charge is -2.35. The molecule has 1 aliphatic carbocycles. The number of carboxylic acids is 2. The topological polar surface area (TPSA) is 223 Å². The summed E-state index contributed by atoms with van der Waals surface area (Å²) in [5.41, 5.74) is 0. The summed E-state index contributed by atoms with van der Waals surface area (Å²) in [4.78, 5) is 91.2. The summed E-state index contributed by atoms with van der Waals surface area (Å²) >= 11 is 0. The van der Waals surface area contributed by atoms with Gasteiger partial charge in [0.1, 0.15) is 24.2 Å². The molecule has 6 atom stereocenters. The molecule has 6 amide bonds. The van der Waals surface area contributed by atoms with Crippen LogP contribution in [0.25, 0.3) is 0 Å². The smallest absolute Gasteiger partial charge is 0.326 e. The van der Waals surface area contributed by atoms with Gasteiger partial charge in [-0.25, -0.2) is 9.59 Å². The number of hydrogen-bond donors (Lipinski definition) is 7. The van der Waals surface area contributed by atoms with Gasteiger partial charge in [0.25, 0.3) is 0 Å². The van der Waals surface area contributed by atoms with Gasteiger partial charge < -0.3 is 41.7 Å². The van der Waals surface area contributed by atoms with Gasteiger partial charge in [-0.2, -0.15) is 0 Å². The fourth-order valence-electron chi connectivity index (χ4n) is 6.20. The maximum atomic E-state index is 13.6. The number of hydrogen-bond acceptors (Lipinski definition) is 7. The Bertz CT molecular complexity index is 1130. The summed E-state index contributed by atoms with van der Waals surface area (Å²) in [7, 11) is 0. The molecule has 266 valence electrons. The van der Waals surface area contributed by atoms with E-state index >= 15 is 0 Å². The zero-order valence-electron chi connectivity index (χ0n) is 28.5. The van der Waals surface area contributed by atoms with Gasteiger partial charge in [-0.05, 0) is 55.8 Å². The zero-order valence-corrected chi connectivity index (χ0v) is 28.5. The van der Waals surface area contributed by atoms with Gasteiger partial charge in [-0.15, -0.1) is 0 Å². The molecule has 1 aliphatic heterocycles. The van der Waals surface area contributed by atoms with Crippen molar-refractivity contribution in [3.8, 4) is 0 Å². The lowest BCUT2D eigenvalue weighted by atomic mass is 9.79. The quantitative estimate of drug-likeness (QED) is 0.126. The molecule has 0 unspecified atom stereocenters. The molecule has 7 N–H and O–H groups in total. The Morgan fingerprint density at radius 3 is 1.70 bits per heavy atom. The highest BCUT2D eigenvalue weighted by molar-refractivity contribution is 5.98. The lowest BCUT2D eigenvalue weighted by molar-refractivity contribution is -0.144. The maximum Gasteiger partial charge on any atom is 0.326 e. The number of aliphatic carboxylic acids is 2. The first-order chi connectivity index (χ1) is 22.0. The predicted molar refractivity (Wildman–Crippen MR) is 172 cm³/mol. The van der Waals surface area contributed by atoms with Crippen LogP contribution in [0.15, 0.2) is 0 Å². The van der Waals surface area contributed by atoms with Crippen LogP contribution in [0, 0.1) is 23.7 Å². The van der Waals surface area contributed by atoms with E-state index in [0.29, 0.717) is 13.1 Å². The van der Waals surface area contributed by atoms with Crippen molar-refractivity contribution in [2.45, 2.75) is 123 Å². The number of urea groups is 1. The van der Waals surface area contributed by atoms with Gasteiger partial charge in [0.05, 0.1) is 12.8 Å². The Kier molecular flexibility index (Phi) is 15.4. The zero-order chi connectivity index (χ0) is 35.4. The van der Waals surface area contributed by atoms with E-state index in [2.05, 4.69) is 40.4 Å². The Morgan fingerprint density at radius 2 is 1.21 bits per heavy atom. The monoisotopic (exact) mass is 666 g/mol. The molecule has 0 aromatic rings. The van der Waals surface area contributed by atoms with E-state index in [1.54, 1.807) is 32.6 Å². The number of carboxylic acid groups (broad SMARTS) is 2. The number of rotatable bonds is 16. The van der Waals surface area contributed by atoms with Gasteiger partial charge >= 0.3 is 18.0 Å². The molecule has 1 heterocycles. The summed E-state index contributed by atoms with van der Waals surface area (Å²) < 4.78 is 0. The number of nitrogens with one attached hydrogen (secondary N) is 5. The largest absolute Gasteiger partial charge is 0.481 e. The normalized spacial score (nSPS) is 20.9. The molecule has 2 aliphatic rings. The van der Waals surface area contributed by atoms with E-state index in [4.69, 9.17) is 0 Å². The predicted octanol–water partition coefficient (Wildman–Crippen LogP) is 1.21. The summed E-state index contributed by atoms with van der Waals surface area (Å²) in [6, 6.07) is -6.24. The van der Waals surface area contributed by atoms with Crippen LogP contribution < -0.4 is 26.6 Å².